The molecule has 1 aromatic carbocycles. The van der Waals surface area contributed by atoms with Crippen molar-refractivity contribution in [2.45, 2.75) is 32.1 Å². The fourth-order valence-corrected chi connectivity index (χ4v) is 3.00. The van der Waals surface area contributed by atoms with Gasteiger partial charge in [0.25, 0.3) is 5.91 Å². The van der Waals surface area contributed by atoms with Crippen molar-refractivity contribution in [3.05, 3.63) is 18.2 Å². The lowest BCUT2D eigenvalue weighted by molar-refractivity contribution is -0.123. The van der Waals surface area contributed by atoms with Crippen molar-refractivity contribution < 1.29 is 19.0 Å². The first-order chi connectivity index (χ1) is 10.8. The third-order valence-electron chi connectivity index (χ3n) is 4.20. The summed E-state index contributed by atoms with van der Waals surface area (Å²) >= 11 is 0. The molecular weight excluding hydrogens is 282 g/mol. The van der Waals surface area contributed by atoms with Gasteiger partial charge in [0.1, 0.15) is 13.2 Å². The van der Waals surface area contributed by atoms with Crippen LogP contribution in [0.25, 0.3) is 0 Å². The van der Waals surface area contributed by atoms with Crippen LogP contribution in [0.15, 0.2) is 18.2 Å². The fourth-order valence-electron chi connectivity index (χ4n) is 3.00. The Hall–Kier alpha value is -1.91. The topological polar surface area (TPSA) is 56.8 Å². The standard InChI is InChI=1S/C17H23NO4/c19-16(18-11-13-5-2-1-3-6-13)12-22-15-8-4-7-14-17(15)21-10-9-20-14/h4,7-8,13H,1-3,5-6,9-12H2,(H,18,19). The van der Waals surface area contributed by atoms with Crippen molar-refractivity contribution in [3.63, 3.8) is 0 Å². The molecule has 120 valence electrons. The summed E-state index contributed by atoms with van der Waals surface area (Å²) in [6.07, 6.45) is 6.33. The molecule has 0 atom stereocenters. The van der Waals surface area contributed by atoms with E-state index in [0.717, 1.165) is 6.54 Å². The van der Waals surface area contributed by atoms with E-state index in [-0.39, 0.29) is 12.5 Å². The highest BCUT2D eigenvalue weighted by Gasteiger charge is 2.18. The van der Waals surface area contributed by atoms with Crippen LogP contribution < -0.4 is 19.5 Å². The van der Waals surface area contributed by atoms with Gasteiger partial charge in [0.15, 0.2) is 18.1 Å². The van der Waals surface area contributed by atoms with Crippen LogP contribution in [0.3, 0.4) is 0 Å². The number of benzene rings is 1. The third-order valence-corrected chi connectivity index (χ3v) is 4.20. The van der Waals surface area contributed by atoms with E-state index in [1.807, 2.05) is 12.1 Å². The van der Waals surface area contributed by atoms with Gasteiger partial charge in [0.2, 0.25) is 5.75 Å². The Kier molecular flexibility index (Phi) is 5.03. The van der Waals surface area contributed by atoms with Crippen molar-refractivity contribution in [3.8, 4) is 17.2 Å². The first-order valence-electron chi connectivity index (χ1n) is 8.11. The number of para-hydroxylation sites is 1. The zero-order valence-corrected chi connectivity index (χ0v) is 12.8. The Morgan fingerprint density at radius 2 is 2.00 bits per heavy atom. The minimum absolute atomic E-state index is 0.00648. The summed E-state index contributed by atoms with van der Waals surface area (Å²) < 4.78 is 16.6. The maximum absolute atomic E-state index is 11.9. The number of carbonyl (C=O) groups is 1. The van der Waals surface area contributed by atoms with Crippen molar-refractivity contribution in [2.24, 2.45) is 5.92 Å². The number of amides is 1. The van der Waals surface area contributed by atoms with Gasteiger partial charge in [-0.15, -0.1) is 0 Å². The van der Waals surface area contributed by atoms with Crippen LogP contribution in [-0.4, -0.2) is 32.3 Å². The molecule has 0 radical (unpaired) electrons. The van der Waals surface area contributed by atoms with E-state index in [2.05, 4.69) is 5.32 Å². The first-order valence-corrected chi connectivity index (χ1v) is 8.11. The second-order valence-electron chi connectivity index (χ2n) is 5.88. The van der Waals surface area contributed by atoms with Crippen LogP contribution >= 0.6 is 0 Å². The molecule has 5 heteroatoms. The number of rotatable bonds is 5. The highest BCUT2D eigenvalue weighted by atomic mass is 16.6. The van der Waals surface area contributed by atoms with Crippen molar-refractivity contribution in [1.29, 1.82) is 0 Å². The normalized spacial score (nSPS) is 17.8. The van der Waals surface area contributed by atoms with Crippen LogP contribution in [0.5, 0.6) is 17.2 Å². The van der Waals surface area contributed by atoms with Gasteiger partial charge in [-0.1, -0.05) is 25.3 Å². The highest BCUT2D eigenvalue weighted by molar-refractivity contribution is 5.77. The summed E-state index contributed by atoms with van der Waals surface area (Å²) in [7, 11) is 0. The molecule has 0 saturated heterocycles. The van der Waals surface area contributed by atoms with E-state index in [9.17, 15) is 4.79 Å². The van der Waals surface area contributed by atoms with Gasteiger partial charge < -0.3 is 19.5 Å². The molecule has 1 aromatic rings. The smallest absolute Gasteiger partial charge is 0.257 e. The number of ether oxygens (including phenoxy) is 3. The third kappa shape index (κ3) is 3.84. The molecular formula is C17H23NO4. The summed E-state index contributed by atoms with van der Waals surface area (Å²) in [5, 5.41) is 2.97. The van der Waals surface area contributed by atoms with Crippen LogP contribution in [0, 0.1) is 5.92 Å². The predicted octanol–water partition coefficient (Wildman–Crippen LogP) is 2.53. The molecule has 1 aliphatic heterocycles. The molecule has 1 fully saturated rings. The van der Waals surface area contributed by atoms with Gasteiger partial charge in [0, 0.05) is 6.54 Å². The number of carbonyl (C=O) groups excluding carboxylic acids is 1. The Bertz CT molecular complexity index is 511. The molecule has 0 bridgehead atoms. The summed E-state index contributed by atoms with van der Waals surface area (Å²) in [6.45, 7) is 1.81. The number of nitrogens with one attached hydrogen (secondary N) is 1. The van der Waals surface area contributed by atoms with Gasteiger partial charge in [0.05, 0.1) is 0 Å². The lowest BCUT2D eigenvalue weighted by Crippen LogP contribution is -2.33. The summed E-state index contributed by atoms with van der Waals surface area (Å²) in [5.74, 6) is 2.36. The van der Waals surface area contributed by atoms with Gasteiger partial charge in [-0.3, -0.25) is 4.79 Å². The number of hydrogen-bond donors (Lipinski definition) is 1. The molecule has 3 rings (SSSR count). The molecule has 1 heterocycles. The molecule has 1 N–H and O–H groups in total. The minimum atomic E-state index is -0.0834. The maximum Gasteiger partial charge on any atom is 0.257 e. The molecule has 22 heavy (non-hydrogen) atoms. The fraction of sp³-hybridized carbons (Fsp3) is 0.588. The van der Waals surface area contributed by atoms with Crippen LogP contribution in [0.4, 0.5) is 0 Å². The summed E-state index contributed by atoms with van der Waals surface area (Å²) in [4.78, 5) is 11.9. The maximum atomic E-state index is 11.9. The van der Waals surface area contributed by atoms with E-state index in [1.54, 1.807) is 6.07 Å². The molecule has 1 saturated carbocycles. The molecule has 5 nitrogen and oxygen atoms in total. The molecule has 2 aliphatic rings. The molecule has 0 aromatic heterocycles. The van der Waals surface area contributed by atoms with E-state index >= 15 is 0 Å². The largest absolute Gasteiger partial charge is 0.486 e. The van der Waals surface area contributed by atoms with Crippen molar-refractivity contribution in [1.82, 2.24) is 5.32 Å². The second kappa shape index (κ2) is 7.38. The quantitative estimate of drug-likeness (QED) is 0.908. The van der Waals surface area contributed by atoms with Crippen LogP contribution in [0.2, 0.25) is 0 Å². The predicted molar refractivity (Wildman–Crippen MR) is 82.5 cm³/mol. The van der Waals surface area contributed by atoms with Crippen molar-refractivity contribution >= 4 is 5.91 Å². The lowest BCUT2D eigenvalue weighted by atomic mass is 9.89. The first kappa shape index (κ1) is 15.0. The second-order valence-corrected chi connectivity index (χ2v) is 5.88. The summed E-state index contributed by atoms with van der Waals surface area (Å²) in [5.41, 5.74) is 0. The number of hydrogen-bond acceptors (Lipinski definition) is 4. The summed E-state index contributed by atoms with van der Waals surface area (Å²) in [6, 6.07) is 5.47. The Morgan fingerprint density at radius 3 is 2.86 bits per heavy atom. The Balaban J connectivity index is 1.46. The Labute approximate surface area is 130 Å². The molecule has 1 amide bonds. The van der Waals surface area contributed by atoms with Gasteiger partial charge in [-0.05, 0) is 30.9 Å². The zero-order valence-electron chi connectivity index (χ0n) is 12.8. The zero-order chi connectivity index (χ0) is 15.2. The van der Waals surface area contributed by atoms with E-state index in [0.29, 0.717) is 36.4 Å². The molecule has 1 aliphatic carbocycles. The van der Waals surface area contributed by atoms with Gasteiger partial charge >= 0.3 is 0 Å². The lowest BCUT2D eigenvalue weighted by Gasteiger charge is -2.22. The van der Waals surface area contributed by atoms with Crippen molar-refractivity contribution in [2.75, 3.05) is 26.4 Å². The van der Waals surface area contributed by atoms with Gasteiger partial charge in [-0.25, -0.2) is 0 Å². The average Bonchev–Trinajstić information content (AvgIpc) is 2.59. The minimum Gasteiger partial charge on any atom is -0.486 e. The highest BCUT2D eigenvalue weighted by Crippen LogP contribution is 2.38. The Morgan fingerprint density at radius 1 is 1.18 bits per heavy atom. The SMILES string of the molecule is O=C(COc1cccc2c1OCCO2)NCC1CCCCC1. The van der Waals surface area contributed by atoms with Crippen LogP contribution in [0.1, 0.15) is 32.1 Å². The molecule has 0 unspecified atom stereocenters. The number of fused-ring (bicyclic) bond motifs is 1. The van der Waals surface area contributed by atoms with E-state index in [1.165, 1.54) is 32.1 Å². The monoisotopic (exact) mass is 305 g/mol. The van der Waals surface area contributed by atoms with E-state index in [4.69, 9.17) is 14.2 Å². The average molecular weight is 305 g/mol. The van der Waals surface area contributed by atoms with Gasteiger partial charge in [-0.2, -0.15) is 0 Å². The van der Waals surface area contributed by atoms with Crippen LogP contribution in [-0.2, 0) is 4.79 Å². The molecule has 0 spiro atoms. The van der Waals surface area contributed by atoms with E-state index < -0.39 is 0 Å².